The van der Waals surface area contributed by atoms with Crippen molar-refractivity contribution in [3.63, 3.8) is 0 Å². The van der Waals surface area contributed by atoms with E-state index < -0.39 is 27.4 Å². The van der Waals surface area contributed by atoms with Gasteiger partial charge in [-0.1, -0.05) is 0 Å². The van der Waals surface area contributed by atoms with Crippen molar-refractivity contribution in [3.8, 4) is 33.4 Å². The molecule has 0 aromatic heterocycles. The maximum absolute atomic E-state index is 8.00. The molecule has 2 aliphatic rings. The average molecular weight is 737 g/mol. The van der Waals surface area contributed by atoms with Gasteiger partial charge >= 0.3 is 291 Å². The SMILES string of the molecule is CCCC1=Cc2c(ccc(-c3ccccc3)c2-c2cc(C(C)C)cc(C(C)C)c2)[CH]1[Zr]([Cl])([Cl])[c]1cccc2c1[SiH2]c1ccccc1-2. The van der Waals surface area contributed by atoms with Gasteiger partial charge in [-0.2, -0.15) is 0 Å². The zero-order valence-corrected chi connectivity index (χ0v) is 32.9. The van der Waals surface area contributed by atoms with Crippen molar-refractivity contribution < 1.29 is 17.9 Å². The van der Waals surface area contributed by atoms with Crippen LogP contribution in [0, 0.1) is 0 Å². The van der Waals surface area contributed by atoms with Gasteiger partial charge in [-0.15, -0.1) is 0 Å². The van der Waals surface area contributed by atoms with Crippen LogP contribution in [0.1, 0.15) is 85.2 Å². The van der Waals surface area contributed by atoms with E-state index in [1.807, 2.05) is 0 Å². The second-order valence-corrected chi connectivity index (χ2v) is 29.6. The molecule has 1 unspecified atom stereocenters. The van der Waals surface area contributed by atoms with Crippen LogP contribution < -0.4 is 13.6 Å². The summed E-state index contributed by atoms with van der Waals surface area (Å²) in [4.78, 5) is 0. The first kappa shape index (κ1) is 32.1. The van der Waals surface area contributed by atoms with Crippen LogP contribution in [-0.2, 0) is 17.9 Å². The van der Waals surface area contributed by atoms with Gasteiger partial charge < -0.3 is 0 Å². The molecule has 232 valence electrons. The van der Waals surface area contributed by atoms with Crippen LogP contribution >= 0.6 is 17.0 Å². The molecule has 5 aromatic rings. The van der Waals surface area contributed by atoms with Crippen molar-refractivity contribution >= 4 is 46.3 Å². The molecule has 46 heavy (non-hydrogen) atoms. The van der Waals surface area contributed by atoms with E-state index in [4.69, 9.17) is 17.0 Å². The Morgan fingerprint density at radius 3 is 2.07 bits per heavy atom. The second-order valence-electron chi connectivity index (χ2n) is 13.7. The summed E-state index contributed by atoms with van der Waals surface area (Å²) in [7, 11) is 15.3. The van der Waals surface area contributed by atoms with Gasteiger partial charge in [0.25, 0.3) is 0 Å². The Labute approximate surface area is 289 Å². The van der Waals surface area contributed by atoms with Crippen molar-refractivity contribution in [2.24, 2.45) is 0 Å². The van der Waals surface area contributed by atoms with Crippen molar-refractivity contribution in [2.75, 3.05) is 0 Å². The standard InChI is InChI=1S/C30H33.C12H9Si.2ClH.Zr/c1-6-10-22-15-24-13-14-28(23-11-8-7-9-12-23)30(29(24)16-22)27-18-25(20(2)3)17-26(19-27)21(4)5;1-3-7-11-9(5-1)10-6-2-4-8-12(10)13-11;;;/h7-9,11-21H,6,10H2,1-5H3;1-7H,13H2;2*1H;/q;;;;+2/p-2. The van der Waals surface area contributed by atoms with Crippen molar-refractivity contribution in [1.82, 2.24) is 0 Å². The van der Waals surface area contributed by atoms with E-state index in [9.17, 15) is 0 Å². The minimum absolute atomic E-state index is 0.0817. The first-order chi connectivity index (χ1) is 22.2. The summed E-state index contributed by atoms with van der Waals surface area (Å²) in [6, 6.07) is 38.6. The van der Waals surface area contributed by atoms with Gasteiger partial charge in [-0.25, -0.2) is 0 Å². The summed E-state index contributed by atoms with van der Waals surface area (Å²) in [5.41, 5.74) is 14.7. The first-order valence-electron chi connectivity index (χ1n) is 16.9. The molecule has 0 N–H and O–H groups in total. The third-order valence-electron chi connectivity index (χ3n) is 10.1. The van der Waals surface area contributed by atoms with Crippen LogP contribution in [0.3, 0.4) is 0 Å². The Bertz CT molecular complexity index is 1950. The Morgan fingerprint density at radius 1 is 0.696 bits per heavy atom. The summed E-state index contributed by atoms with van der Waals surface area (Å²) in [5.74, 6) is 0.882. The Morgan fingerprint density at radius 2 is 1.37 bits per heavy atom. The van der Waals surface area contributed by atoms with Gasteiger partial charge in [0.05, 0.1) is 0 Å². The predicted octanol–water partition coefficient (Wildman–Crippen LogP) is 10.4. The van der Waals surface area contributed by atoms with Gasteiger partial charge in [0.2, 0.25) is 0 Å². The summed E-state index contributed by atoms with van der Waals surface area (Å²) >= 11 is -4.07. The monoisotopic (exact) mass is 734 g/mol. The van der Waals surface area contributed by atoms with E-state index in [-0.39, 0.29) is 3.63 Å². The number of fused-ring (bicyclic) bond motifs is 4. The number of benzene rings is 5. The van der Waals surface area contributed by atoms with Crippen LogP contribution in [0.2, 0.25) is 0 Å². The molecule has 1 atom stereocenters. The Hall–Kier alpha value is -2.48. The zero-order valence-electron chi connectivity index (χ0n) is 27.5. The van der Waals surface area contributed by atoms with Crippen LogP contribution in [0.5, 0.6) is 0 Å². The molecule has 0 spiro atoms. The Kier molecular flexibility index (Phi) is 8.96. The summed E-state index contributed by atoms with van der Waals surface area (Å²) in [6.45, 7) is 11.5. The average Bonchev–Trinajstić information content (AvgIpc) is 3.63. The molecule has 4 heteroatoms. The van der Waals surface area contributed by atoms with Gasteiger partial charge in [-0.05, 0) is 0 Å². The summed E-state index contributed by atoms with van der Waals surface area (Å²) in [6.07, 6.45) is 4.57. The van der Waals surface area contributed by atoms with E-state index in [0.29, 0.717) is 11.8 Å². The molecule has 1 aliphatic heterocycles. The molecule has 1 heterocycles. The number of hydrogen-bond donors (Lipinski definition) is 0. The maximum atomic E-state index is 8.00. The van der Waals surface area contributed by atoms with Gasteiger partial charge in [-0.3, -0.25) is 0 Å². The van der Waals surface area contributed by atoms with E-state index in [1.54, 1.807) is 0 Å². The number of allylic oxidation sites excluding steroid dienone is 1. The second kappa shape index (κ2) is 12.9. The third-order valence-corrected chi connectivity index (χ3v) is 24.4. The normalized spacial score (nSPS) is 15.8. The molecule has 1 aliphatic carbocycles. The number of hydrogen-bond acceptors (Lipinski definition) is 0. The van der Waals surface area contributed by atoms with E-state index in [1.165, 1.54) is 74.9 Å². The molecule has 5 aromatic carbocycles. The molecular weight excluding hydrogens is 695 g/mol. The number of halogens is 2. The fourth-order valence-corrected chi connectivity index (χ4v) is 24.6. The number of rotatable bonds is 8. The molecule has 7 rings (SSSR count). The summed E-state index contributed by atoms with van der Waals surface area (Å²) in [5, 5.41) is 3.00. The predicted molar refractivity (Wildman–Crippen MR) is 202 cm³/mol. The zero-order chi connectivity index (χ0) is 32.2. The van der Waals surface area contributed by atoms with Gasteiger partial charge in [0.15, 0.2) is 0 Å². The van der Waals surface area contributed by atoms with Crippen molar-refractivity contribution in [2.45, 2.75) is 62.9 Å². The topological polar surface area (TPSA) is 0 Å². The molecular formula is C42H42Cl2SiZr. The van der Waals surface area contributed by atoms with Gasteiger partial charge in [0.1, 0.15) is 0 Å². The minimum atomic E-state index is -4.07. The first-order valence-corrected chi connectivity index (χ1v) is 27.2. The fraction of sp³-hybridized carbons (Fsp3) is 0.238. The van der Waals surface area contributed by atoms with Crippen LogP contribution in [0.25, 0.3) is 39.5 Å². The van der Waals surface area contributed by atoms with E-state index >= 15 is 0 Å². The van der Waals surface area contributed by atoms with Crippen LogP contribution in [0.4, 0.5) is 0 Å². The van der Waals surface area contributed by atoms with Crippen molar-refractivity contribution in [3.05, 3.63) is 131 Å². The Balaban J connectivity index is 1.46. The van der Waals surface area contributed by atoms with Crippen molar-refractivity contribution in [1.29, 1.82) is 0 Å². The molecule has 0 saturated heterocycles. The quantitative estimate of drug-likeness (QED) is 0.137. The summed E-state index contributed by atoms with van der Waals surface area (Å²) < 4.78 is 1.38. The van der Waals surface area contributed by atoms with Crippen LogP contribution in [0.15, 0.2) is 109 Å². The van der Waals surface area contributed by atoms with Gasteiger partial charge in [0, 0.05) is 0 Å². The fourth-order valence-electron chi connectivity index (χ4n) is 7.73. The molecule has 0 saturated carbocycles. The van der Waals surface area contributed by atoms with Crippen LogP contribution in [-0.4, -0.2) is 9.52 Å². The molecule has 0 radical (unpaired) electrons. The molecule has 0 fully saturated rings. The molecule has 0 amide bonds. The van der Waals surface area contributed by atoms with E-state index in [2.05, 4.69) is 144 Å². The third kappa shape index (κ3) is 5.58. The molecule has 0 nitrogen and oxygen atoms in total. The van der Waals surface area contributed by atoms with E-state index in [0.717, 1.165) is 12.8 Å². The molecule has 0 bridgehead atoms.